The minimum Gasteiger partial charge on any atom is -0.496 e. The van der Waals surface area contributed by atoms with Gasteiger partial charge in [0.1, 0.15) is 10.8 Å². The van der Waals surface area contributed by atoms with Gasteiger partial charge in [-0.25, -0.2) is 0 Å². The lowest BCUT2D eigenvalue weighted by Crippen LogP contribution is -2.03. The molecule has 0 spiro atoms. The number of benzene rings is 1. The van der Waals surface area contributed by atoms with E-state index in [1.807, 2.05) is 12.1 Å². The SMILES string of the molecule is CCc1nnc(NCc2cc(OC)c(OC)cc2OC)s1. The number of hydrogen-bond acceptors (Lipinski definition) is 7. The normalized spacial score (nSPS) is 10.3. The summed E-state index contributed by atoms with van der Waals surface area (Å²) in [4.78, 5) is 0. The highest BCUT2D eigenvalue weighted by atomic mass is 32.1. The van der Waals surface area contributed by atoms with E-state index in [2.05, 4.69) is 22.4 Å². The molecule has 1 aromatic carbocycles. The lowest BCUT2D eigenvalue weighted by atomic mass is 10.1. The number of ether oxygens (including phenoxy) is 3. The summed E-state index contributed by atoms with van der Waals surface area (Å²) < 4.78 is 16.0. The van der Waals surface area contributed by atoms with E-state index in [1.165, 1.54) is 0 Å². The molecule has 0 aliphatic carbocycles. The maximum absolute atomic E-state index is 5.39. The Morgan fingerprint density at radius 1 is 1.00 bits per heavy atom. The van der Waals surface area contributed by atoms with Gasteiger partial charge in [0.15, 0.2) is 11.5 Å². The van der Waals surface area contributed by atoms with Crippen LogP contribution >= 0.6 is 11.3 Å². The number of aromatic nitrogens is 2. The van der Waals surface area contributed by atoms with Crippen LogP contribution in [0.15, 0.2) is 12.1 Å². The van der Waals surface area contributed by atoms with Crippen LogP contribution in [-0.4, -0.2) is 31.5 Å². The Morgan fingerprint density at radius 2 is 1.67 bits per heavy atom. The molecule has 1 aromatic heterocycles. The number of anilines is 1. The summed E-state index contributed by atoms with van der Waals surface area (Å²) in [6.07, 6.45) is 0.888. The topological polar surface area (TPSA) is 65.5 Å². The average molecular weight is 309 g/mol. The number of methoxy groups -OCH3 is 3. The van der Waals surface area contributed by atoms with Gasteiger partial charge in [-0.15, -0.1) is 10.2 Å². The molecule has 7 heteroatoms. The van der Waals surface area contributed by atoms with Gasteiger partial charge in [0, 0.05) is 18.2 Å². The van der Waals surface area contributed by atoms with Crippen LogP contribution in [-0.2, 0) is 13.0 Å². The van der Waals surface area contributed by atoms with Crippen LogP contribution < -0.4 is 19.5 Å². The van der Waals surface area contributed by atoms with Gasteiger partial charge in [-0.1, -0.05) is 18.3 Å². The monoisotopic (exact) mass is 309 g/mol. The fourth-order valence-corrected chi connectivity index (χ4v) is 2.54. The molecule has 0 bridgehead atoms. The van der Waals surface area contributed by atoms with Gasteiger partial charge in [-0.2, -0.15) is 0 Å². The van der Waals surface area contributed by atoms with Gasteiger partial charge in [-0.3, -0.25) is 0 Å². The van der Waals surface area contributed by atoms with Crippen molar-refractivity contribution in [3.05, 3.63) is 22.7 Å². The second-order valence-corrected chi connectivity index (χ2v) is 5.29. The quantitative estimate of drug-likeness (QED) is 0.848. The van der Waals surface area contributed by atoms with E-state index in [0.717, 1.165) is 27.9 Å². The van der Waals surface area contributed by atoms with E-state index >= 15 is 0 Å². The van der Waals surface area contributed by atoms with Crippen LogP contribution in [0, 0.1) is 0 Å². The Balaban J connectivity index is 2.17. The van der Waals surface area contributed by atoms with E-state index in [1.54, 1.807) is 32.7 Å². The average Bonchev–Trinajstić information content (AvgIpc) is 2.99. The predicted octanol–water partition coefficient (Wildman–Crippen LogP) is 2.74. The van der Waals surface area contributed by atoms with Crippen molar-refractivity contribution in [2.24, 2.45) is 0 Å². The Hall–Kier alpha value is -2.02. The molecule has 0 amide bonds. The minimum atomic E-state index is 0.571. The highest BCUT2D eigenvalue weighted by Crippen LogP contribution is 2.35. The van der Waals surface area contributed by atoms with Crippen LogP contribution in [0.3, 0.4) is 0 Å². The van der Waals surface area contributed by atoms with Gasteiger partial charge in [0.25, 0.3) is 0 Å². The van der Waals surface area contributed by atoms with E-state index in [9.17, 15) is 0 Å². The number of nitrogens with one attached hydrogen (secondary N) is 1. The summed E-state index contributed by atoms with van der Waals surface area (Å²) in [5, 5.41) is 13.2. The van der Waals surface area contributed by atoms with E-state index in [4.69, 9.17) is 14.2 Å². The molecule has 2 aromatic rings. The van der Waals surface area contributed by atoms with E-state index < -0.39 is 0 Å². The molecule has 0 saturated carbocycles. The third-order valence-corrected chi connectivity index (χ3v) is 4.01. The first-order valence-corrected chi connectivity index (χ1v) is 7.38. The van der Waals surface area contributed by atoms with Crippen molar-refractivity contribution in [2.45, 2.75) is 19.9 Å². The van der Waals surface area contributed by atoms with Gasteiger partial charge < -0.3 is 19.5 Å². The van der Waals surface area contributed by atoms with Crippen LogP contribution in [0.4, 0.5) is 5.13 Å². The third-order valence-electron chi connectivity index (χ3n) is 2.99. The standard InChI is InChI=1S/C14H19N3O3S/c1-5-13-16-17-14(21-13)15-8-9-6-11(19-3)12(20-4)7-10(9)18-2/h6-7H,5,8H2,1-4H3,(H,15,17). The summed E-state index contributed by atoms with van der Waals surface area (Å²) in [6, 6.07) is 3.71. The molecule has 1 heterocycles. The zero-order valence-corrected chi connectivity index (χ0v) is 13.4. The van der Waals surface area contributed by atoms with Crippen molar-refractivity contribution < 1.29 is 14.2 Å². The van der Waals surface area contributed by atoms with Gasteiger partial charge in [0.05, 0.1) is 21.3 Å². The van der Waals surface area contributed by atoms with Crippen LogP contribution in [0.5, 0.6) is 17.2 Å². The molecule has 0 atom stereocenters. The summed E-state index contributed by atoms with van der Waals surface area (Å²) in [5.74, 6) is 2.05. The summed E-state index contributed by atoms with van der Waals surface area (Å²) in [5.41, 5.74) is 0.961. The fraction of sp³-hybridized carbons (Fsp3) is 0.429. The number of nitrogens with zero attached hydrogens (tertiary/aromatic N) is 2. The third kappa shape index (κ3) is 3.55. The summed E-state index contributed by atoms with van der Waals surface area (Å²) >= 11 is 1.55. The fourth-order valence-electron chi connectivity index (χ4n) is 1.87. The highest BCUT2D eigenvalue weighted by molar-refractivity contribution is 7.15. The lowest BCUT2D eigenvalue weighted by molar-refractivity contribution is 0.347. The van der Waals surface area contributed by atoms with E-state index in [-0.39, 0.29) is 0 Å². The van der Waals surface area contributed by atoms with Gasteiger partial charge in [-0.05, 0) is 12.5 Å². The van der Waals surface area contributed by atoms with Gasteiger partial charge >= 0.3 is 0 Å². The Morgan fingerprint density at radius 3 is 2.24 bits per heavy atom. The van der Waals surface area contributed by atoms with Crippen molar-refractivity contribution in [2.75, 3.05) is 26.6 Å². The van der Waals surface area contributed by atoms with Crippen molar-refractivity contribution in [1.82, 2.24) is 10.2 Å². The molecule has 2 rings (SSSR count). The molecule has 114 valence electrons. The minimum absolute atomic E-state index is 0.571. The molecule has 0 radical (unpaired) electrons. The predicted molar refractivity (Wildman–Crippen MR) is 82.7 cm³/mol. The Bertz CT molecular complexity index is 601. The Kier molecular flexibility index (Phi) is 5.21. The molecule has 0 aliphatic rings. The van der Waals surface area contributed by atoms with Crippen molar-refractivity contribution >= 4 is 16.5 Å². The molecule has 0 fully saturated rings. The molecule has 0 aliphatic heterocycles. The van der Waals surface area contributed by atoms with Crippen molar-refractivity contribution in [3.8, 4) is 17.2 Å². The summed E-state index contributed by atoms with van der Waals surface area (Å²) in [7, 11) is 4.84. The first-order chi connectivity index (χ1) is 10.2. The maximum Gasteiger partial charge on any atom is 0.205 e. The number of hydrogen-bond donors (Lipinski definition) is 1. The zero-order valence-electron chi connectivity index (χ0n) is 12.6. The lowest BCUT2D eigenvalue weighted by Gasteiger charge is -2.14. The summed E-state index contributed by atoms with van der Waals surface area (Å²) in [6.45, 7) is 2.63. The second kappa shape index (κ2) is 7.12. The number of aryl methyl sites for hydroxylation is 1. The molecular weight excluding hydrogens is 290 g/mol. The van der Waals surface area contributed by atoms with Crippen LogP contribution in [0.2, 0.25) is 0 Å². The molecule has 21 heavy (non-hydrogen) atoms. The maximum atomic E-state index is 5.39. The zero-order chi connectivity index (χ0) is 15.2. The first-order valence-electron chi connectivity index (χ1n) is 6.57. The largest absolute Gasteiger partial charge is 0.496 e. The molecule has 0 unspecified atom stereocenters. The van der Waals surface area contributed by atoms with Crippen LogP contribution in [0.25, 0.3) is 0 Å². The second-order valence-electron chi connectivity index (χ2n) is 4.23. The first kappa shape index (κ1) is 15.4. The molecule has 1 N–H and O–H groups in total. The molecular formula is C14H19N3O3S. The van der Waals surface area contributed by atoms with Crippen molar-refractivity contribution in [1.29, 1.82) is 0 Å². The number of rotatable bonds is 7. The molecule has 6 nitrogen and oxygen atoms in total. The van der Waals surface area contributed by atoms with Crippen molar-refractivity contribution in [3.63, 3.8) is 0 Å². The Labute approximate surface area is 128 Å². The molecule has 0 saturated heterocycles. The smallest absolute Gasteiger partial charge is 0.205 e. The van der Waals surface area contributed by atoms with E-state index in [0.29, 0.717) is 18.0 Å². The van der Waals surface area contributed by atoms with Gasteiger partial charge in [0.2, 0.25) is 5.13 Å². The van der Waals surface area contributed by atoms with Crippen LogP contribution in [0.1, 0.15) is 17.5 Å². The highest BCUT2D eigenvalue weighted by Gasteiger charge is 2.12.